The minimum atomic E-state index is 0.0800. The second-order valence-electron chi connectivity index (χ2n) is 4.93. The molecule has 0 atom stereocenters. The molecule has 0 saturated carbocycles. The van der Waals surface area contributed by atoms with E-state index in [1.165, 1.54) is 5.56 Å². The second kappa shape index (κ2) is 6.33. The minimum Gasteiger partial charge on any atom is -0.489 e. The Morgan fingerprint density at radius 3 is 2.25 bits per heavy atom. The van der Waals surface area contributed by atoms with Gasteiger partial charge in [0.05, 0.1) is 6.10 Å². The maximum absolute atomic E-state index is 6.09. The number of benzene rings is 2. The van der Waals surface area contributed by atoms with Crippen LogP contribution in [0.3, 0.4) is 0 Å². The number of nitrogens with two attached hydrogens (primary N) is 1. The molecule has 0 aromatic heterocycles. The third kappa shape index (κ3) is 3.44. The number of para-hydroxylation sites is 1. The first-order valence-corrected chi connectivity index (χ1v) is 6.92. The number of hydrogen-bond acceptors (Lipinski definition) is 3. The fraction of sp³-hybridized carbons (Fsp3) is 0.294. The van der Waals surface area contributed by atoms with Gasteiger partial charge in [-0.2, -0.15) is 0 Å². The lowest BCUT2D eigenvalue weighted by atomic mass is 10.2. The lowest BCUT2D eigenvalue weighted by Gasteiger charge is -2.15. The predicted molar refractivity (Wildman–Crippen MR) is 82.5 cm³/mol. The van der Waals surface area contributed by atoms with Gasteiger partial charge >= 0.3 is 0 Å². The van der Waals surface area contributed by atoms with E-state index in [1.807, 2.05) is 44.2 Å². The van der Waals surface area contributed by atoms with Crippen molar-refractivity contribution in [2.45, 2.75) is 33.3 Å². The summed E-state index contributed by atoms with van der Waals surface area (Å²) in [7, 11) is 0. The molecule has 0 saturated heterocycles. The Hall–Kier alpha value is -2.16. The molecule has 0 amide bonds. The molecule has 0 unspecified atom stereocenters. The number of rotatable bonds is 5. The number of ether oxygens (including phenoxy) is 2. The topological polar surface area (TPSA) is 44.5 Å². The van der Waals surface area contributed by atoms with E-state index in [-0.39, 0.29) is 6.10 Å². The summed E-state index contributed by atoms with van der Waals surface area (Å²) in [6.07, 6.45) is 1.09. The van der Waals surface area contributed by atoms with Gasteiger partial charge in [0.15, 0.2) is 5.75 Å². The molecule has 2 aromatic rings. The van der Waals surface area contributed by atoms with Crippen LogP contribution in [0.2, 0.25) is 0 Å². The zero-order valence-electron chi connectivity index (χ0n) is 12.2. The van der Waals surface area contributed by atoms with Gasteiger partial charge in [0.1, 0.15) is 17.2 Å². The molecule has 0 aliphatic rings. The molecule has 0 aliphatic heterocycles. The predicted octanol–water partition coefficient (Wildman–Crippen LogP) is 4.41. The highest BCUT2D eigenvalue weighted by molar-refractivity contribution is 5.63. The summed E-state index contributed by atoms with van der Waals surface area (Å²) in [4.78, 5) is 0. The number of hydrogen-bond donors (Lipinski definition) is 1. The van der Waals surface area contributed by atoms with Crippen LogP contribution in [0.5, 0.6) is 17.2 Å². The van der Waals surface area contributed by atoms with Crippen LogP contribution in [0.1, 0.15) is 26.3 Å². The van der Waals surface area contributed by atoms with Crippen LogP contribution in [0, 0.1) is 0 Å². The Balaban J connectivity index is 2.20. The van der Waals surface area contributed by atoms with Gasteiger partial charge < -0.3 is 15.2 Å². The van der Waals surface area contributed by atoms with Crippen molar-refractivity contribution in [2.75, 3.05) is 5.73 Å². The highest BCUT2D eigenvalue weighted by atomic mass is 16.5. The van der Waals surface area contributed by atoms with Crippen molar-refractivity contribution in [3.05, 3.63) is 48.0 Å². The second-order valence-corrected chi connectivity index (χ2v) is 4.93. The van der Waals surface area contributed by atoms with Crippen molar-refractivity contribution >= 4 is 5.69 Å². The standard InChI is InChI=1S/C17H21NO2/c1-4-13-8-10-14(11-9-13)20-16-7-5-6-15(17(16)18)19-12(2)3/h5-12H,4,18H2,1-3H3. The Bertz CT molecular complexity index is 562. The van der Waals surface area contributed by atoms with Crippen molar-refractivity contribution in [3.63, 3.8) is 0 Å². The van der Waals surface area contributed by atoms with Crippen LogP contribution >= 0.6 is 0 Å². The minimum absolute atomic E-state index is 0.0800. The highest BCUT2D eigenvalue weighted by Crippen LogP contribution is 2.35. The number of nitrogen functional groups attached to an aromatic ring is 1. The van der Waals surface area contributed by atoms with E-state index in [0.29, 0.717) is 17.2 Å². The first-order valence-electron chi connectivity index (χ1n) is 6.92. The van der Waals surface area contributed by atoms with E-state index >= 15 is 0 Å². The van der Waals surface area contributed by atoms with Crippen LogP contribution in [0.25, 0.3) is 0 Å². The van der Waals surface area contributed by atoms with Crippen LogP contribution < -0.4 is 15.2 Å². The Labute approximate surface area is 120 Å². The molecule has 20 heavy (non-hydrogen) atoms. The average Bonchev–Trinajstić information content (AvgIpc) is 2.43. The van der Waals surface area contributed by atoms with Crippen molar-refractivity contribution in [3.8, 4) is 17.2 Å². The third-order valence-corrected chi connectivity index (χ3v) is 2.95. The monoisotopic (exact) mass is 271 g/mol. The zero-order valence-corrected chi connectivity index (χ0v) is 12.2. The van der Waals surface area contributed by atoms with Crippen molar-refractivity contribution in [2.24, 2.45) is 0 Å². The summed E-state index contributed by atoms with van der Waals surface area (Å²) in [5.74, 6) is 2.05. The van der Waals surface area contributed by atoms with Gasteiger partial charge in [-0.15, -0.1) is 0 Å². The number of anilines is 1. The molecular weight excluding hydrogens is 250 g/mol. The van der Waals surface area contributed by atoms with E-state index < -0.39 is 0 Å². The first kappa shape index (κ1) is 14.3. The van der Waals surface area contributed by atoms with Crippen LogP contribution in [-0.2, 0) is 6.42 Å². The molecule has 2 N–H and O–H groups in total. The van der Waals surface area contributed by atoms with Crippen LogP contribution in [-0.4, -0.2) is 6.10 Å². The molecule has 0 aliphatic carbocycles. The molecule has 3 nitrogen and oxygen atoms in total. The molecule has 0 spiro atoms. The quantitative estimate of drug-likeness (QED) is 0.819. The smallest absolute Gasteiger partial charge is 0.154 e. The fourth-order valence-corrected chi connectivity index (χ4v) is 1.89. The summed E-state index contributed by atoms with van der Waals surface area (Å²) in [5, 5.41) is 0. The Morgan fingerprint density at radius 1 is 1.00 bits per heavy atom. The summed E-state index contributed by atoms with van der Waals surface area (Å²) in [6, 6.07) is 13.6. The molecule has 0 radical (unpaired) electrons. The fourth-order valence-electron chi connectivity index (χ4n) is 1.89. The van der Waals surface area contributed by atoms with Gasteiger partial charge in [-0.1, -0.05) is 25.1 Å². The van der Waals surface area contributed by atoms with E-state index in [4.69, 9.17) is 15.2 Å². The zero-order chi connectivity index (χ0) is 14.5. The maximum atomic E-state index is 6.09. The average molecular weight is 271 g/mol. The van der Waals surface area contributed by atoms with Crippen LogP contribution in [0.4, 0.5) is 5.69 Å². The molecule has 0 bridgehead atoms. The van der Waals surface area contributed by atoms with Gasteiger partial charge in [-0.3, -0.25) is 0 Å². The van der Waals surface area contributed by atoms with Gasteiger partial charge in [0.25, 0.3) is 0 Å². The molecule has 2 rings (SSSR count). The molecular formula is C17H21NO2. The lowest BCUT2D eigenvalue weighted by molar-refractivity contribution is 0.243. The molecule has 2 aromatic carbocycles. The van der Waals surface area contributed by atoms with Gasteiger partial charge in [-0.25, -0.2) is 0 Å². The van der Waals surface area contributed by atoms with E-state index in [0.717, 1.165) is 12.2 Å². The molecule has 0 heterocycles. The van der Waals surface area contributed by atoms with E-state index in [1.54, 1.807) is 0 Å². The van der Waals surface area contributed by atoms with Crippen molar-refractivity contribution in [1.29, 1.82) is 0 Å². The molecule has 3 heteroatoms. The summed E-state index contributed by atoms with van der Waals surface area (Å²) in [6.45, 7) is 6.06. The lowest BCUT2D eigenvalue weighted by Crippen LogP contribution is -2.07. The van der Waals surface area contributed by atoms with Crippen LogP contribution in [0.15, 0.2) is 42.5 Å². The largest absolute Gasteiger partial charge is 0.489 e. The Kier molecular flexibility index (Phi) is 4.51. The number of aryl methyl sites for hydroxylation is 1. The first-order chi connectivity index (χ1) is 9.60. The molecule has 106 valence electrons. The highest BCUT2D eigenvalue weighted by Gasteiger charge is 2.09. The van der Waals surface area contributed by atoms with Crippen molar-refractivity contribution < 1.29 is 9.47 Å². The molecule has 0 fully saturated rings. The van der Waals surface area contributed by atoms with E-state index in [9.17, 15) is 0 Å². The van der Waals surface area contributed by atoms with Gasteiger partial charge in [0.2, 0.25) is 0 Å². The summed E-state index contributed by atoms with van der Waals surface area (Å²) >= 11 is 0. The Morgan fingerprint density at radius 2 is 1.65 bits per heavy atom. The van der Waals surface area contributed by atoms with Crippen molar-refractivity contribution in [1.82, 2.24) is 0 Å². The van der Waals surface area contributed by atoms with Gasteiger partial charge in [-0.05, 0) is 50.1 Å². The van der Waals surface area contributed by atoms with E-state index in [2.05, 4.69) is 19.1 Å². The summed E-state index contributed by atoms with van der Waals surface area (Å²) < 4.78 is 11.5. The third-order valence-electron chi connectivity index (χ3n) is 2.95. The summed E-state index contributed by atoms with van der Waals surface area (Å²) in [5.41, 5.74) is 7.89. The normalized spacial score (nSPS) is 10.6. The van der Waals surface area contributed by atoms with Gasteiger partial charge in [0, 0.05) is 0 Å². The maximum Gasteiger partial charge on any atom is 0.154 e. The SMILES string of the molecule is CCc1ccc(Oc2cccc(OC(C)C)c2N)cc1.